The number of aryl methyl sites for hydroxylation is 2. The minimum Gasteiger partial charge on any atom is -0.301 e. The molecule has 0 aliphatic rings. The Hall–Kier alpha value is -2.62. The fraction of sp³-hybridized carbons (Fsp3) is 0.333. The van der Waals surface area contributed by atoms with Gasteiger partial charge in [0.2, 0.25) is 0 Å². The van der Waals surface area contributed by atoms with Crippen LogP contribution in [0.2, 0.25) is 5.02 Å². The van der Waals surface area contributed by atoms with Crippen molar-refractivity contribution >= 4 is 44.7 Å². The van der Waals surface area contributed by atoms with Crippen molar-refractivity contribution in [2.75, 3.05) is 0 Å². The maximum absolute atomic E-state index is 12.3. The highest BCUT2D eigenvalue weighted by atomic mass is 35.5. The van der Waals surface area contributed by atoms with Crippen LogP contribution < -0.4 is 9.44 Å². The Kier molecular flexibility index (Phi) is 6.88. The SMILES string of the molecule is CCC(CC)NS(=O)(=O)NC(=O)C=Cc1c(C)nn(C)c1-n1ccc2cc(Cl)ccc21. The van der Waals surface area contributed by atoms with Crippen molar-refractivity contribution in [2.24, 2.45) is 7.05 Å². The van der Waals surface area contributed by atoms with Crippen molar-refractivity contribution in [3.8, 4) is 5.82 Å². The van der Waals surface area contributed by atoms with Crippen LogP contribution in [0.5, 0.6) is 0 Å². The Morgan fingerprint density at radius 1 is 1.26 bits per heavy atom. The highest BCUT2D eigenvalue weighted by Crippen LogP contribution is 2.27. The average Bonchev–Trinajstić information content (AvgIpc) is 3.22. The van der Waals surface area contributed by atoms with Crippen LogP contribution in [0.1, 0.15) is 37.9 Å². The molecule has 0 atom stereocenters. The molecule has 0 aliphatic heterocycles. The molecule has 0 unspecified atom stereocenters. The van der Waals surface area contributed by atoms with E-state index in [2.05, 4.69) is 9.82 Å². The van der Waals surface area contributed by atoms with E-state index in [4.69, 9.17) is 11.6 Å². The predicted octanol–water partition coefficient (Wildman–Crippen LogP) is 3.48. The number of nitrogens with one attached hydrogen (secondary N) is 2. The molecule has 3 rings (SSSR count). The Morgan fingerprint density at radius 2 is 1.97 bits per heavy atom. The van der Waals surface area contributed by atoms with Crippen LogP contribution in [-0.2, 0) is 22.1 Å². The number of carbonyl (C=O) groups excluding carboxylic acids is 1. The van der Waals surface area contributed by atoms with Crippen molar-refractivity contribution < 1.29 is 13.2 Å². The maximum Gasteiger partial charge on any atom is 0.301 e. The van der Waals surface area contributed by atoms with Crippen LogP contribution in [0.25, 0.3) is 22.8 Å². The average molecular weight is 464 g/mol. The fourth-order valence-corrected chi connectivity index (χ4v) is 4.82. The van der Waals surface area contributed by atoms with Crippen molar-refractivity contribution in [1.29, 1.82) is 0 Å². The van der Waals surface area contributed by atoms with Gasteiger partial charge >= 0.3 is 10.2 Å². The summed E-state index contributed by atoms with van der Waals surface area (Å²) in [5, 5.41) is 6.08. The van der Waals surface area contributed by atoms with Crippen molar-refractivity contribution in [3.63, 3.8) is 0 Å². The monoisotopic (exact) mass is 463 g/mol. The van der Waals surface area contributed by atoms with Crippen LogP contribution in [0.15, 0.2) is 36.5 Å². The topological polar surface area (TPSA) is 98.0 Å². The largest absolute Gasteiger partial charge is 0.301 e. The minimum absolute atomic E-state index is 0.225. The van der Waals surface area contributed by atoms with Gasteiger partial charge in [0.25, 0.3) is 5.91 Å². The smallest absolute Gasteiger partial charge is 0.301 e. The number of benzene rings is 1. The molecular formula is C21H26ClN5O3S. The molecular weight excluding hydrogens is 438 g/mol. The Bertz CT molecular complexity index is 1240. The lowest BCUT2D eigenvalue weighted by molar-refractivity contribution is -0.114. The van der Waals surface area contributed by atoms with Gasteiger partial charge in [0, 0.05) is 41.3 Å². The molecule has 0 saturated heterocycles. The molecule has 0 bridgehead atoms. The quantitative estimate of drug-likeness (QED) is 0.499. The first kappa shape index (κ1) is 23.1. The van der Waals surface area contributed by atoms with E-state index in [1.807, 2.05) is 67.6 Å². The van der Waals surface area contributed by atoms with Gasteiger partial charge in [-0.15, -0.1) is 0 Å². The molecule has 31 heavy (non-hydrogen) atoms. The Morgan fingerprint density at radius 3 is 2.65 bits per heavy atom. The predicted molar refractivity (Wildman–Crippen MR) is 123 cm³/mol. The highest BCUT2D eigenvalue weighted by Gasteiger charge is 2.18. The summed E-state index contributed by atoms with van der Waals surface area (Å²) < 4.78 is 32.5. The van der Waals surface area contributed by atoms with Gasteiger partial charge in [-0.3, -0.25) is 9.48 Å². The second-order valence-electron chi connectivity index (χ2n) is 7.27. The number of hydrogen-bond donors (Lipinski definition) is 2. The lowest BCUT2D eigenvalue weighted by atomic mass is 10.2. The number of rotatable bonds is 8. The molecule has 10 heteroatoms. The number of halogens is 1. The summed E-state index contributed by atoms with van der Waals surface area (Å²) >= 11 is 6.09. The molecule has 2 aromatic heterocycles. The van der Waals surface area contributed by atoms with Crippen LogP contribution in [-0.4, -0.2) is 34.7 Å². The number of aromatic nitrogens is 3. The molecule has 3 aromatic rings. The normalized spacial score (nSPS) is 12.3. The summed E-state index contributed by atoms with van der Waals surface area (Å²) in [5.41, 5.74) is 2.34. The van der Waals surface area contributed by atoms with Crippen LogP contribution >= 0.6 is 11.6 Å². The van der Waals surface area contributed by atoms with E-state index in [-0.39, 0.29) is 6.04 Å². The summed E-state index contributed by atoms with van der Waals surface area (Å²) in [6, 6.07) is 7.31. The van der Waals surface area contributed by atoms with Gasteiger partial charge in [0.15, 0.2) is 0 Å². The van der Waals surface area contributed by atoms with E-state index in [1.54, 1.807) is 10.8 Å². The summed E-state index contributed by atoms with van der Waals surface area (Å²) in [6.45, 7) is 5.59. The standard InChI is InChI=1S/C21H26ClN5O3S/c1-5-17(6-2)24-31(29,30)25-20(28)10-8-18-14(3)23-26(4)21(18)27-12-11-15-13-16(22)7-9-19(15)27/h7-13,17,24H,5-6H2,1-4H3,(H,25,28). The molecule has 1 aromatic carbocycles. The maximum atomic E-state index is 12.3. The van der Waals surface area contributed by atoms with Gasteiger partial charge in [0.05, 0.1) is 11.2 Å². The molecule has 0 radical (unpaired) electrons. The van der Waals surface area contributed by atoms with Crippen molar-refractivity contribution in [3.05, 3.63) is 52.8 Å². The minimum atomic E-state index is -3.94. The molecule has 0 spiro atoms. The van der Waals surface area contributed by atoms with Crippen LogP contribution in [0.4, 0.5) is 0 Å². The number of nitrogens with zero attached hydrogens (tertiary/aromatic N) is 3. The van der Waals surface area contributed by atoms with Gasteiger partial charge in [0.1, 0.15) is 5.82 Å². The third-order valence-electron chi connectivity index (χ3n) is 5.06. The third-order valence-corrected chi connectivity index (χ3v) is 6.41. The molecule has 166 valence electrons. The van der Waals surface area contributed by atoms with Gasteiger partial charge < -0.3 is 4.57 Å². The zero-order chi connectivity index (χ0) is 22.8. The Labute approximate surface area is 187 Å². The first-order valence-corrected chi connectivity index (χ1v) is 11.8. The summed E-state index contributed by atoms with van der Waals surface area (Å²) in [7, 11) is -2.13. The lowest BCUT2D eigenvalue weighted by Gasteiger charge is -2.14. The van der Waals surface area contributed by atoms with Gasteiger partial charge in [-0.1, -0.05) is 25.4 Å². The summed E-state index contributed by atoms with van der Waals surface area (Å²) in [5.74, 6) is 0.00805. The van der Waals surface area contributed by atoms with E-state index in [0.717, 1.165) is 16.7 Å². The summed E-state index contributed by atoms with van der Waals surface area (Å²) in [4.78, 5) is 12.3. The van der Waals surface area contributed by atoms with Gasteiger partial charge in [-0.05, 0) is 50.1 Å². The van der Waals surface area contributed by atoms with Crippen molar-refractivity contribution in [2.45, 2.75) is 39.7 Å². The first-order valence-electron chi connectivity index (χ1n) is 9.97. The van der Waals surface area contributed by atoms with E-state index in [0.29, 0.717) is 29.1 Å². The van der Waals surface area contributed by atoms with Gasteiger partial charge in [-0.2, -0.15) is 18.2 Å². The molecule has 2 heterocycles. The molecule has 1 amide bonds. The fourth-order valence-electron chi connectivity index (χ4n) is 3.47. The molecule has 0 saturated carbocycles. The van der Waals surface area contributed by atoms with E-state index < -0.39 is 16.1 Å². The van der Waals surface area contributed by atoms with E-state index in [1.165, 1.54) is 6.08 Å². The lowest BCUT2D eigenvalue weighted by Crippen LogP contribution is -2.44. The van der Waals surface area contributed by atoms with Gasteiger partial charge in [-0.25, -0.2) is 4.72 Å². The van der Waals surface area contributed by atoms with E-state index in [9.17, 15) is 13.2 Å². The number of hydrogen-bond acceptors (Lipinski definition) is 4. The number of amides is 1. The highest BCUT2D eigenvalue weighted by molar-refractivity contribution is 7.88. The van der Waals surface area contributed by atoms with Crippen molar-refractivity contribution in [1.82, 2.24) is 23.8 Å². The second kappa shape index (κ2) is 9.25. The first-order chi connectivity index (χ1) is 14.6. The van der Waals surface area contributed by atoms with Crippen LogP contribution in [0, 0.1) is 6.92 Å². The third kappa shape index (κ3) is 5.17. The molecule has 8 nitrogen and oxygen atoms in total. The number of fused-ring (bicyclic) bond motifs is 1. The van der Waals surface area contributed by atoms with Crippen LogP contribution in [0.3, 0.4) is 0 Å². The zero-order valence-corrected chi connectivity index (χ0v) is 19.5. The van der Waals surface area contributed by atoms with E-state index >= 15 is 0 Å². The molecule has 2 N–H and O–H groups in total. The second-order valence-corrected chi connectivity index (χ2v) is 9.15. The zero-order valence-electron chi connectivity index (χ0n) is 17.9. The Balaban J connectivity index is 1.89. The summed E-state index contributed by atoms with van der Waals surface area (Å²) in [6.07, 6.45) is 5.94. The molecule has 0 fully saturated rings. The number of carbonyl (C=O) groups is 1. The molecule has 0 aliphatic carbocycles.